The van der Waals surface area contributed by atoms with E-state index in [-0.39, 0.29) is 5.91 Å². The van der Waals surface area contributed by atoms with Crippen LogP contribution in [0.15, 0.2) is 48.8 Å². The minimum atomic E-state index is -0.237. The minimum absolute atomic E-state index is 0.237. The molecule has 2 aromatic heterocycles. The number of carbonyl (C=O) groups is 1. The molecule has 0 unspecified atom stereocenters. The highest BCUT2D eigenvalue weighted by molar-refractivity contribution is 6.37. The van der Waals surface area contributed by atoms with Crippen molar-refractivity contribution in [1.82, 2.24) is 15.3 Å². The molecule has 0 spiro atoms. The zero-order valence-corrected chi connectivity index (χ0v) is 13.4. The molecule has 6 heteroatoms. The molecule has 1 aromatic carbocycles. The van der Waals surface area contributed by atoms with Gasteiger partial charge in [-0.15, -0.1) is 0 Å². The van der Waals surface area contributed by atoms with Gasteiger partial charge >= 0.3 is 0 Å². The second-order valence-electron chi connectivity index (χ2n) is 5.37. The Morgan fingerprint density at radius 3 is 2.83 bits per heavy atom. The van der Waals surface area contributed by atoms with Gasteiger partial charge < -0.3 is 10.6 Å². The van der Waals surface area contributed by atoms with E-state index in [1.165, 1.54) is 6.20 Å². The van der Waals surface area contributed by atoms with Gasteiger partial charge in [0.25, 0.3) is 5.91 Å². The van der Waals surface area contributed by atoms with E-state index >= 15 is 0 Å². The summed E-state index contributed by atoms with van der Waals surface area (Å²) in [5, 5.41) is 6.99. The highest BCUT2D eigenvalue weighted by Crippen LogP contribution is 2.15. The first-order chi connectivity index (χ1) is 11.7. The molecule has 0 saturated heterocycles. The number of hydrogen-bond donors (Lipinski definition) is 2. The van der Waals surface area contributed by atoms with Gasteiger partial charge in [-0.25, -0.2) is 4.98 Å². The maximum atomic E-state index is 12.4. The van der Waals surface area contributed by atoms with E-state index in [1.807, 2.05) is 31.2 Å². The molecule has 0 bridgehead atoms. The Balaban J connectivity index is 1.77. The van der Waals surface area contributed by atoms with Crippen LogP contribution in [0.1, 0.15) is 23.0 Å². The molecule has 118 valence electrons. The fourth-order valence-electron chi connectivity index (χ4n) is 2.49. The lowest BCUT2D eigenvalue weighted by Gasteiger charge is -2.11. The topological polar surface area (TPSA) is 66.9 Å². The third-order valence-electron chi connectivity index (χ3n) is 3.68. The Labute approximate surface area is 141 Å². The number of carbonyl (C=O) groups excluding carboxylic acids is 1. The summed E-state index contributed by atoms with van der Waals surface area (Å²) in [7, 11) is 5.88. The van der Waals surface area contributed by atoms with E-state index in [0.29, 0.717) is 23.2 Å². The summed E-state index contributed by atoms with van der Waals surface area (Å²) in [4.78, 5) is 20.8. The summed E-state index contributed by atoms with van der Waals surface area (Å²) < 4.78 is 0. The van der Waals surface area contributed by atoms with Crippen LogP contribution in [-0.4, -0.2) is 30.3 Å². The van der Waals surface area contributed by atoms with E-state index < -0.39 is 0 Å². The SMILES string of the molecule is [B]c1cncc2ccc(C(=O)NCc3ccccc3NCC)nc12. The number of nitrogens with one attached hydrogen (secondary N) is 2. The van der Waals surface area contributed by atoms with Crippen LogP contribution in [0.25, 0.3) is 10.9 Å². The molecule has 24 heavy (non-hydrogen) atoms. The van der Waals surface area contributed by atoms with Crippen LogP contribution >= 0.6 is 0 Å². The third-order valence-corrected chi connectivity index (χ3v) is 3.68. The number of fused-ring (bicyclic) bond motifs is 1. The second kappa shape index (κ2) is 7.13. The molecule has 2 heterocycles. The average molecular weight is 316 g/mol. The molecule has 5 nitrogen and oxygen atoms in total. The van der Waals surface area contributed by atoms with Crippen LogP contribution in [0, 0.1) is 0 Å². The Morgan fingerprint density at radius 2 is 2.00 bits per heavy atom. The van der Waals surface area contributed by atoms with Crippen molar-refractivity contribution in [2.24, 2.45) is 0 Å². The molecule has 3 rings (SSSR count). The first kappa shape index (κ1) is 16.0. The monoisotopic (exact) mass is 316 g/mol. The number of para-hydroxylation sites is 1. The van der Waals surface area contributed by atoms with Gasteiger partial charge in [0.05, 0.1) is 5.52 Å². The minimum Gasteiger partial charge on any atom is -0.385 e. The third kappa shape index (κ3) is 3.37. The summed E-state index contributed by atoms with van der Waals surface area (Å²) in [5.74, 6) is -0.237. The number of anilines is 1. The largest absolute Gasteiger partial charge is 0.385 e. The lowest BCUT2D eigenvalue weighted by atomic mass is 9.96. The predicted molar refractivity (Wildman–Crippen MR) is 96.7 cm³/mol. The zero-order valence-electron chi connectivity index (χ0n) is 13.4. The predicted octanol–water partition coefficient (Wildman–Crippen LogP) is 1.79. The average Bonchev–Trinajstić information content (AvgIpc) is 2.61. The summed E-state index contributed by atoms with van der Waals surface area (Å²) in [6.07, 6.45) is 3.21. The summed E-state index contributed by atoms with van der Waals surface area (Å²) >= 11 is 0. The number of amides is 1. The van der Waals surface area contributed by atoms with Crippen molar-refractivity contribution in [3.8, 4) is 0 Å². The fourth-order valence-corrected chi connectivity index (χ4v) is 2.49. The number of hydrogen-bond acceptors (Lipinski definition) is 4. The van der Waals surface area contributed by atoms with E-state index in [0.717, 1.165) is 23.2 Å². The first-order valence-electron chi connectivity index (χ1n) is 7.79. The lowest BCUT2D eigenvalue weighted by molar-refractivity contribution is 0.0946. The standard InChI is InChI=1S/C18H17BN4O/c1-2-21-15-6-4-3-5-12(15)10-22-18(24)16-8-7-13-9-20-11-14(19)17(13)23-16/h3-9,11,21H,2,10H2,1H3,(H,22,24). The Hall–Kier alpha value is -2.89. The number of rotatable bonds is 5. The van der Waals surface area contributed by atoms with Gasteiger partial charge in [-0.3, -0.25) is 9.78 Å². The lowest BCUT2D eigenvalue weighted by Crippen LogP contribution is -2.24. The second-order valence-corrected chi connectivity index (χ2v) is 5.37. The van der Waals surface area contributed by atoms with Crippen LogP contribution in [0.2, 0.25) is 0 Å². The van der Waals surface area contributed by atoms with Crippen LogP contribution in [-0.2, 0) is 6.54 Å². The van der Waals surface area contributed by atoms with Gasteiger partial charge in [0.15, 0.2) is 0 Å². The number of pyridine rings is 2. The number of benzene rings is 1. The van der Waals surface area contributed by atoms with Gasteiger partial charge in [0.1, 0.15) is 13.5 Å². The van der Waals surface area contributed by atoms with Crippen molar-refractivity contribution < 1.29 is 4.79 Å². The molecule has 2 N–H and O–H groups in total. The molecule has 0 aliphatic carbocycles. The van der Waals surface area contributed by atoms with Crippen molar-refractivity contribution in [1.29, 1.82) is 0 Å². The van der Waals surface area contributed by atoms with Crippen molar-refractivity contribution >= 4 is 35.8 Å². The molecule has 2 radical (unpaired) electrons. The van der Waals surface area contributed by atoms with Gasteiger partial charge in [-0.05, 0) is 30.7 Å². The van der Waals surface area contributed by atoms with Crippen LogP contribution in [0.3, 0.4) is 0 Å². The van der Waals surface area contributed by atoms with Crippen LogP contribution in [0.4, 0.5) is 5.69 Å². The van der Waals surface area contributed by atoms with Crippen molar-refractivity contribution in [2.75, 3.05) is 11.9 Å². The van der Waals surface area contributed by atoms with Crippen molar-refractivity contribution in [2.45, 2.75) is 13.5 Å². The molecule has 0 atom stereocenters. The van der Waals surface area contributed by atoms with E-state index in [4.69, 9.17) is 7.85 Å². The number of aromatic nitrogens is 2. The molecular formula is C18H17BN4O. The Bertz CT molecular complexity index is 882. The van der Waals surface area contributed by atoms with Gasteiger partial charge in [-0.1, -0.05) is 23.7 Å². The molecule has 0 aliphatic heterocycles. The molecule has 0 aliphatic rings. The highest BCUT2D eigenvalue weighted by atomic mass is 16.1. The van der Waals surface area contributed by atoms with Gasteiger partial charge in [0, 0.05) is 36.6 Å². The molecule has 0 saturated carbocycles. The highest BCUT2D eigenvalue weighted by Gasteiger charge is 2.10. The van der Waals surface area contributed by atoms with Gasteiger partial charge in [0.2, 0.25) is 0 Å². The quantitative estimate of drug-likeness (QED) is 0.704. The maximum Gasteiger partial charge on any atom is 0.270 e. The van der Waals surface area contributed by atoms with E-state index in [1.54, 1.807) is 18.3 Å². The molecular weight excluding hydrogens is 299 g/mol. The fraction of sp³-hybridized carbons (Fsp3) is 0.167. The van der Waals surface area contributed by atoms with Crippen molar-refractivity contribution in [3.05, 3.63) is 60.0 Å². The summed E-state index contributed by atoms with van der Waals surface area (Å²) in [6.45, 7) is 3.28. The van der Waals surface area contributed by atoms with Gasteiger partial charge in [-0.2, -0.15) is 0 Å². The van der Waals surface area contributed by atoms with Crippen molar-refractivity contribution in [3.63, 3.8) is 0 Å². The molecule has 0 fully saturated rings. The Morgan fingerprint density at radius 1 is 1.17 bits per heavy atom. The smallest absolute Gasteiger partial charge is 0.270 e. The van der Waals surface area contributed by atoms with E-state index in [9.17, 15) is 4.79 Å². The molecule has 1 amide bonds. The first-order valence-corrected chi connectivity index (χ1v) is 7.79. The van der Waals surface area contributed by atoms with E-state index in [2.05, 4.69) is 20.6 Å². The van der Waals surface area contributed by atoms with Crippen LogP contribution < -0.4 is 16.1 Å². The normalized spacial score (nSPS) is 10.5. The van der Waals surface area contributed by atoms with Crippen LogP contribution in [0.5, 0.6) is 0 Å². The molecule has 3 aromatic rings. The summed E-state index contributed by atoms with van der Waals surface area (Å²) in [6, 6.07) is 11.4. The summed E-state index contributed by atoms with van der Waals surface area (Å²) in [5.41, 5.74) is 3.42. The number of nitrogens with zero attached hydrogens (tertiary/aromatic N) is 2. The maximum absolute atomic E-state index is 12.4. The Kier molecular flexibility index (Phi) is 4.75. The zero-order chi connectivity index (χ0) is 16.9.